The second-order valence-corrected chi connectivity index (χ2v) is 8.97. The molecule has 0 spiro atoms. The van der Waals surface area contributed by atoms with Crippen LogP contribution in [0.3, 0.4) is 0 Å². The Hall–Kier alpha value is -1.41. The Bertz CT molecular complexity index is 819. The van der Waals surface area contributed by atoms with Crippen molar-refractivity contribution in [1.29, 1.82) is 0 Å². The fraction of sp³-hybridized carbons (Fsp3) is 0.636. The number of fused-ring (bicyclic) bond motifs is 1. The third-order valence-electron chi connectivity index (χ3n) is 5.99. The number of halogens is 1. The molecule has 2 fully saturated rings. The average molecular weight is 454 g/mol. The van der Waals surface area contributed by atoms with Crippen molar-refractivity contribution < 1.29 is 14.3 Å². The smallest absolute Gasteiger partial charge is 0.231 e. The van der Waals surface area contributed by atoms with Crippen molar-refractivity contribution in [2.75, 3.05) is 51.4 Å². The summed E-state index contributed by atoms with van der Waals surface area (Å²) < 4.78 is 11.9. The zero-order valence-electron chi connectivity index (χ0n) is 17.7. The second kappa shape index (κ2) is 11.3. The first kappa shape index (κ1) is 23.3. The highest BCUT2D eigenvalue weighted by Crippen LogP contribution is 2.34. The molecule has 6 nitrogen and oxygen atoms in total. The van der Waals surface area contributed by atoms with Crippen molar-refractivity contribution in [3.8, 4) is 5.75 Å². The van der Waals surface area contributed by atoms with Gasteiger partial charge in [0.15, 0.2) is 5.13 Å². The van der Waals surface area contributed by atoms with Crippen molar-refractivity contribution in [2.45, 2.75) is 38.5 Å². The number of benzene rings is 1. The van der Waals surface area contributed by atoms with E-state index in [0.717, 1.165) is 92.6 Å². The topological polar surface area (TPSA) is 54.9 Å². The molecule has 1 aromatic carbocycles. The van der Waals surface area contributed by atoms with Gasteiger partial charge in [-0.15, -0.1) is 12.4 Å². The van der Waals surface area contributed by atoms with Gasteiger partial charge in [-0.05, 0) is 31.4 Å². The zero-order chi connectivity index (χ0) is 20.1. The first-order chi connectivity index (χ1) is 14.2. The fourth-order valence-electron chi connectivity index (χ4n) is 4.28. The number of amides is 1. The molecule has 1 saturated heterocycles. The van der Waals surface area contributed by atoms with Gasteiger partial charge in [0.25, 0.3) is 0 Å². The van der Waals surface area contributed by atoms with Crippen LogP contribution in [0.2, 0.25) is 0 Å². The van der Waals surface area contributed by atoms with Crippen LogP contribution in [0, 0.1) is 5.92 Å². The molecule has 2 aromatic rings. The van der Waals surface area contributed by atoms with E-state index in [1.807, 2.05) is 23.1 Å². The largest absolute Gasteiger partial charge is 0.497 e. The predicted molar refractivity (Wildman–Crippen MR) is 124 cm³/mol. The summed E-state index contributed by atoms with van der Waals surface area (Å²) in [6.45, 7) is 5.31. The summed E-state index contributed by atoms with van der Waals surface area (Å²) in [5.74, 6) is 1.21. The maximum absolute atomic E-state index is 13.4. The van der Waals surface area contributed by atoms with E-state index in [-0.39, 0.29) is 24.2 Å². The van der Waals surface area contributed by atoms with E-state index in [1.54, 1.807) is 18.4 Å². The maximum Gasteiger partial charge on any atom is 0.231 e. The Morgan fingerprint density at radius 1 is 1.27 bits per heavy atom. The molecule has 1 aliphatic carbocycles. The Morgan fingerprint density at radius 3 is 2.77 bits per heavy atom. The molecular weight excluding hydrogens is 422 g/mol. The predicted octanol–water partition coefficient (Wildman–Crippen LogP) is 4.36. The lowest BCUT2D eigenvalue weighted by molar-refractivity contribution is -0.123. The number of rotatable bonds is 7. The minimum Gasteiger partial charge on any atom is -0.497 e. The van der Waals surface area contributed by atoms with Crippen LogP contribution in [-0.2, 0) is 9.53 Å². The third kappa shape index (κ3) is 5.63. The first-order valence-electron chi connectivity index (χ1n) is 10.8. The molecule has 1 aromatic heterocycles. The van der Waals surface area contributed by atoms with E-state index in [2.05, 4.69) is 4.90 Å². The monoisotopic (exact) mass is 453 g/mol. The number of nitrogens with zero attached hydrogens (tertiary/aromatic N) is 3. The van der Waals surface area contributed by atoms with Gasteiger partial charge in [0, 0.05) is 38.2 Å². The first-order valence-corrected chi connectivity index (χ1v) is 11.6. The molecule has 2 aliphatic rings. The minimum absolute atomic E-state index is 0. The van der Waals surface area contributed by atoms with Crippen LogP contribution in [0.15, 0.2) is 18.2 Å². The zero-order valence-corrected chi connectivity index (χ0v) is 19.3. The van der Waals surface area contributed by atoms with E-state index in [0.29, 0.717) is 0 Å². The molecular formula is C22H32ClN3O3S. The van der Waals surface area contributed by atoms with E-state index >= 15 is 0 Å². The lowest BCUT2D eigenvalue weighted by atomic mass is 9.88. The molecule has 4 rings (SSSR count). The lowest BCUT2D eigenvalue weighted by Gasteiger charge is -2.30. The molecule has 1 saturated carbocycles. The van der Waals surface area contributed by atoms with Crippen LogP contribution in [0.1, 0.15) is 38.5 Å². The molecule has 0 radical (unpaired) electrons. The number of hydrogen-bond acceptors (Lipinski definition) is 6. The normalized spacial score (nSPS) is 18.2. The number of anilines is 1. The van der Waals surface area contributed by atoms with Crippen molar-refractivity contribution in [3.05, 3.63) is 18.2 Å². The summed E-state index contributed by atoms with van der Waals surface area (Å²) in [7, 11) is 1.67. The minimum atomic E-state index is 0. The molecule has 1 amide bonds. The summed E-state index contributed by atoms with van der Waals surface area (Å²) in [5.41, 5.74) is 0.902. The highest BCUT2D eigenvalue weighted by Gasteiger charge is 2.28. The molecule has 0 N–H and O–H groups in total. The van der Waals surface area contributed by atoms with E-state index in [1.165, 1.54) is 6.42 Å². The molecule has 166 valence electrons. The summed E-state index contributed by atoms with van der Waals surface area (Å²) >= 11 is 1.61. The van der Waals surface area contributed by atoms with E-state index < -0.39 is 0 Å². The lowest BCUT2D eigenvalue weighted by Crippen LogP contribution is -2.41. The summed E-state index contributed by atoms with van der Waals surface area (Å²) in [4.78, 5) is 22.6. The van der Waals surface area contributed by atoms with Crippen molar-refractivity contribution >= 4 is 45.0 Å². The molecule has 8 heteroatoms. The fourth-order valence-corrected chi connectivity index (χ4v) is 5.26. The Balaban J connectivity index is 0.00000256. The summed E-state index contributed by atoms with van der Waals surface area (Å²) in [5, 5.41) is 0.825. The number of carbonyl (C=O) groups is 1. The average Bonchev–Trinajstić information content (AvgIpc) is 3.20. The summed E-state index contributed by atoms with van der Waals surface area (Å²) in [6.07, 6.45) is 6.55. The Kier molecular flexibility index (Phi) is 8.74. The SMILES string of the molecule is COc1ccc2sc(N(CCCN3CCOCC3)C(=O)C3CCCCC3)nc2c1.Cl. The molecule has 2 heterocycles. The number of ether oxygens (including phenoxy) is 2. The van der Waals surface area contributed by atoms with Gasteiger partial charge in [-0.1, -0.05) is 30.6 Å². The molecule has 1 aliphatic heterocycles. The molecule has 0 unspecified atom stereocenters. The van der Waals surface area contributed by atoms with Crippen LogP contribution in [0.4, 0.5) is 5.13 Å². The van der Waals surface area contributed by atoms with Gasteiger partial charge in [0.1, 0.15) is 5.75 Å². The number of thiazole rings is 1. The van der Waals surface area contributed by atoms with Gasteiger partial charge < -0.3 is 9.47 Å². The Morgan fingerprint density at radius 2 is 2.03 bits per heavy atom. The quantitative estimate of drug-likeness (QED) is 0.623. The highest BCUT2D eigenvalue weighted by atomic mass is 35.5. The van der Waals surface area contributed by atoms with Crippen LogP contribution < -0.4 is 9.64 Å². The van der Waals surface area contributed by atoms with E-state index in [9.17, 15) is 4.79 Å². The van der Waals surface area contributed by atoms with Crippen LogP contribution in [-0.4, -0.2) is 62.3 Å². The molecule has 0 bridgehead atoms. The number of carbonyl (C=O) groups excluding carboxylic acids is 1. The summed E-state index contributed by atoms with van der Waals surface area (Å²) in [6, 6.07) is 5.94. The van der Waals surface area contributed by atoms with Gasteiger partial charge in [-0.2, -0.15) is 0 Å². The van der Waals surface area contributed by atoms with Crippen molar-refractivity contribution in [1.82, 2.24) is 9.88 Å². The van der Waals surface area contributed by atoms with Gasteiger partial charge in [0.2, 0.25) is 5.91 Å². The number of methoxy groups -OCH3 is 1. The van der Waals surface area contributed by atoms with Gasteiger partial charge >= 0.3 is 0 Å². The van der Waals surface area contributed by atoms with Gasteiger partial charge in [-0.3, -0.25) is 14.6 Å². The van der Waals surface area contributed by atoms with Crippen LogP contribution in [0.5, 0.6) is 5.75 Å². The second-order valence-electron chi connectivity index (χ2n) is 7.96. The standard InChI is InChI=1S/C22H31N3O3S.ClH/c1-27-18-8-9-20-19(16-18)23-22(29-20)25(21(26)17-6-3-2-4-7-17)11-5-10-24-12-14-28-15-13-24;/h8-9,16-17H,2-7,10-15H2,1H3;1H. The number of hydrogen-bond donors (Lipinski definition) is 0. The van der Waals surface area contributed by atoms with Gasteiger partial charge in [-0.25, -0.2) is 4.98 Å². The van der Waals surface area contributed by atoms with Gasteiger partial charge in [0.05, 0.1) is 30.5 Å². The van der Waals surface area contributed by atoms with Crippen molar-refractivity contribution in [3.63, 3.8) is 0 Å². The molecule has 0 atom stereocenters. The number of aromatic nitrogens is 1. The van der Waals surface area contributed by atoms with Crippen LogP contribution >= 0.6 is 23.7 Å². The van der Waals surface area contributed by atoms with E-state index in [4.69, 9.17) is 14.5 Å². The number of morpholine rings is 1. The third-order valence-corrected chi connectivity index (χ3v) is 7.05. The maximum atomic E-state index is 13.4. The highest BCUT2D eigenvalue weighted by molar-refractivity contribution is 7.22. The molecule has 30 heavy (non-hydrogen) atoms. The van der Waals surface area contributed by atoms with Crippen molar-refractivity contribution in [2.24, 2.45) is 5.92 Å². The van der Waals surface area contributed by atoms with Crippen LogP contribution in [0.25, 0.3) is 10.2 Å². The Labute approximate surface area is 188 Å².